The summed E-state index contributed by atoms with van der Waals surface area (Å²) in [6.07, 6.45) is 0.999. The minimum atomic E-state index is -3.57. The maximum Gasteiger partial charge on any atom is 0.321 e. The second-order valence-electron chi connectivity index (χ2n) is 5.15. The molecule has 106 valence electrons. The van der Waals surface area contributed by atoms with E-state index >= 15 is 0 Å². The molecule has 1 aliphatic rings. The molecule has 0 saturated carbocycles. The molecule has 2 unspecified atom stereocenters. The van der Waals surface area contributed by atoms with Crippen molar-refractivity contribution in [3.8, 4) is 0 Å². The highest BCUT2D eigenvalue weighted by Crippen LogP contribution is 2.15. The number of nitrogens with one attached hydrogen (secondary N) is 1. The molecule has 0 aliphatic carbocycles. The monoisotopic (exact) mass is 279 g/mol. The summed E-state index contributed by atoms with van der Waals surface area (Å²) in [5, 5.41) is 8.99. The van der Waals surface area contributed by atoms with Crippen molar-refractivity contribution < 1.29 is 23.1 Å². The van der Waals surface area contributed by atoms with Crippen molar-refractivity contribution in [2.45, 2.75) is 32.7 Å². The number of carbonyl (C=O) groups is 1. The first-order valence-corrected chi connectivity index (χ1v) is 7.76. The molecular formula is C11H21NO5S. The molecule has 0 spiro atoms. The Morgan fingerprint density at radius 3 is 2.61 bits per heavy atom. The predicted molar refractivity (Wildman–Crippen MR) is 66.7 cm³/mol. The van der Waals surface area contributed by atoms with Crippen LogP contribution in [0.5, 0.6) is 0 Å². The van der Waals surface area contributed by atoms with Crippen LogP contribution < -0.4 is 4.72 Å². The Bertz CT molecular complexity index is 373. The predicted octanol–water partition coefficient (Wildman–Crippen LogP) is 0.442. The van der Waals surface area contributed by atoms with Gasteiger partial charge in [-0.25, -0.2) is 13.1 Å². The molecule has 0 aromatic carbocycles. The standard InChI is InChI=1S/C11H21NO5S/c1-8(2)5-10(11(13)14)12-18(15,16)7-9-3-4-17-6-9/h8-10,12H,3-7H2,1-2H3,(H,13,14). The number of rotatable bonds is 7. The molecular weight excluding hydrogens is 258 g/mol. The number of ether oxygens (including phenoxy) is 1. The SMILES string of the molecule is CC(C)CC(NS(=O)(=O)CC1CCOC1)C(=O)O. The third kappa shape index (κ3) is 5.32. The van der Waals surface area contributed by atoms with Crippen molar-refractivity contribution in [2.75, 3.05) is 19.0 Å². The van der Waals surface area contributed by atoms with Crippen LogP contribution in [0.1, 0.15) is 26.7 Å². The lowest BCUT2D eigenvalue weighted by Crippen LogP contribution is -2.43. The molecule has 1 rings (SSSR count). The van der Waals surface area contributed by atoms with Crippen LogP contribution in [-0.2, 0) is 19.6 Å². The Labute approximate surface area is 108 Å². The van der Waals surface area contributed by atoms with E-state index in [0.717, 1.165) is 0 Å². The van der Waals surface area contributed by atoms with Gasteiger partial charge in [-0.15, -0.1) is 0 Å². The summed E-state index contributed by atoms with van der Waals surface area (Å²) in [4.78, 5) is 11.0. The van der Waals surface area contributed by atoms with E-state index in [1.165, 1.54) is 0 Å². The topological polar surface area (TPSA) is 92.7 Å². The van der Waals surface area contributed by atoms with Gasteiger partial charge < -0.3 is 9.84 Å². The Morgan fingerprint density at radius 2 is 2.17 bits per heavy atom. The van der Waals surface area contributed by atoms with Gasteiger partial charge in [0.2, 0.25) is 10.0 Å². The average molecular weight is 279 g/mol. The second kappa shape index (κ2) is 6.49. The van der Waals surface area contributed by atoms with Crippen molar-refractivity contribution >= 4 is 16.0 Å². The lowest BCUT2D eigenvalue weighted by molar-refractivity contribution is -0.139. The summed E-state index contributed by atoms with van der Waals surface area (Å²) >= 11 is 0. The highest BCUT2D eigenvalue weighted by molar-refractivity contribution is 7.89. The lowest BCUT2D eigenvalue weighted by atomic mass is 10.1. The first-order valence-electron chi connectivity index (χ1n) is 6.10. The summed E-state index contributed by atoms with van der Waals surface area (Å²) in [6.45, 7) is 4.72. The van der Waals surface area contributed by atoms with E-state index < -0.39 is 22.0 Å². The van der Waals surface area contributed by atoms with Gasteiger partial charge in [-0.2, -0.15) is 0 Å². The number of sulfonamides is 1. The van der Waals surface area contributed by atoms with E-state index in [-0.39, 0.29) is 24.0 Å². The molecule has 7 heteroatoms. The van der Waals surface area contributed by atoms with E-state index in [4.69, 9.17) is 9.84 Å². The summed E-state index contributed by atoms with van der Waals surface area (Å²) in [5.74, 6) is -1.11. The van der Waals surface area contributed by atoms with Gasteiger partial charge in [0.15, 0.2) is 0 Å². The maximum absolute atomic E-state index is 11.9. The zero-order valence-electron chi connectivity index (χ0n) is 10.8. The van der Waals surface area contributed by atoms with E-state index in [2.05, 4.69) is 4.72 Å². The molecule has 1 saturated heterocycles. The molecule has 1 heterocycles. The van der Waals surface area contributed by atoms with Crippen LogP contribution >= 0.6 is 0 Å². The van der Waals surface area contributed by atoms with Crippen LogP contribution in [0.2, 0.25) is 0 Å². The second-order valence-corrected chi connectivity index (χ2v) is 6.95. The van der Waals surface area contributed by atoms with Crippen molar-refractivity contribution in [1.29, 1.82) is 0 Å². The highest BCUT2D eigenvalue weighted by Gasteiger charge is 2.28. The molecule has 0 radical (unpaired) electrons. The minimum Gasteiger partial charge on any atom is -0.480 e. The van der Waals surface area contributed by atoms with Gasteiger partial charge in [0.05, 0.1) is 12.4 Å². The fourth-order valence-corrected chi connectivity index (χ4v) is 3.57. The number of hydrogen-bond donors (Lipinski definition) is 2. The molecule has 6 nitrogen and oxygen atoms in total. The van der Waals surface area contributed by atoms with Gasteiger partial charge in [-0.3, -0.25) is 4.79 Å². The summed E-state index contributed by atoms with van der Waals surface area (Å²) in [6, 6.07) is -1.04. The Balaban J connectivity index is 2.57. The fourth-order valence-electron chi connectivity index (χ4n) is 1.96. The van der Waals surface area contributed by atoms with E-state index in [1.807, 2.05) is 13.8 Å². The Kier molecular flexibility index (Phi) is 5.55. The Hall–Kier alpha value is -0.660. The number of aliphatic carboxylic acids is 1. The van der Waals surface area contributed by atoms with Gasteiger partial charge >= 0.3 is 5.97 Å². The molecule has 0 aromatic rings. The summed E-state index contributed by atoms with van der Waals surface area (Å²) < 4.78 is 31.1. The van der Waals surface area contributed by atoms with Crippen LogP contribution in [0, 0.1) is 11.8 Å². The smallest absolute Gasteiger partial charge is 0.321 e. The molecule has 1 aliphatic heterocycles. The minimum absolute atomic E-state index is 0.0315. The quantitative estimate of drug-likeness (QED) is 0.705. The third-order valence-corrected chi connectivity index (χ3v) is 4.36. The Morgan fingerprint density at radius 1 is 1.50 bits per heavy atom. The van der Waals surface area contributed by atoms with Crippen molar-refractivity contribution in [3.05, 3.63) is 0 Å². The van der Waals surface area contributed by atoms with E-state index in [1.54, 1.807) is 0 Å². The number of carboxylic acid groups (broad SMARTS) is 1. The third-order valence-electron chi connectivity index (χ3n) is 2.81. The van der Waals surface area contributed by atoms with Crippen molar-refractivity contribution in [1.82, 2.24) is 4.72 Å². The maximum atomic E-state index is 11.9. The number of hydrogen-bond acceptors (Lipinski definition) is 4. The first kappa shape index (κ1) is 15.4. The van der Waals surface area contributed by atoms with Gasteiger partial charge in [-0.1, -0.05) is 13.8 Å². The van der Waals surface area contributed by atoms with Crippen LogP contribution in [-0.4, -0.2) is 44.5 Å². The molecule has 2 N–H and O–H groups in total. The summed E-state index contributed by atoms with van der Waals surface area (Å²) in [5.41, 5.74) is 0. The van der Waals surface area contributed by atoms with Gasteiger partial charge in [-0.05, 0) is 24.7 Å². The molecule has 0 bridgehead atoms. The molecule has 2 atom stereocenters. The zero-order chi connectivity index (χ0) is 13.8. The van der Waals surface area contributed by atoms with Gasteiger partial charge in [0.1, 0.15) is 6.04 Å². The fraction of sp³-hybridized carbons (Fsp3) is 0.909. The van der Waals surface area contributed by atoms with Gasteiger partial charge in [0, 0.05) is 6.61 Å². The average Bonchev–Trinajstić information content (AvgIpc) is 2.67. The van der Waals surface area contributed by atoms with E-state index in [9.17, 15) is 13.2 Å². The van der Waals surface area contributed by atoms with Crippen molar-refractivity contribution in [2.24, 2.45) is 11.8 Å². The van der Waals surface area contributed by atoms with E-state index in [0.29, 0.717) is 19.6 Å². The largest absolute Gasteiger partial charge is 0.480 e. The normalized spacial score (nSPS) is 22.3. The molecule has 0 aromatic heterocycles. The molecule has 1 fully saturated rings. The van der Waals surface area contributed by atoms with Crippen LogP contribution in [0.4, 0.5) is 0 Å². The van der Waals surface area contributed by atoms with Crippen LogP contribution in [0.3, 0.4) is 0 Å². The first-order chi connectivity index (χ1) is 8.30. The lowest BCUT2D eigenvalue weighted by Gasteiger charge is -2.17. The highest BCUT2D eigenvalue weighted by atomic mass is 32.2. The van der Waals surface area contributed by atoms with Crippen LogP contribution in [0.15, 0.2) is 0 Å². The number of carboxylic acids is 1. The zero-order valence-corrected chi connectivity index (χ0v) is 11.6. The molecule has 0 amide bonds. The summed E-state index contributed by atoms with van der Waals surface area (Å²) in [7, 11) is -3.57. The molecule has 18 heavy (non-hydrogen) atoms. The van der Waals surface area contributed by atoms with Crippen LogP contribution in [0.25, 0.3) is 0 Å². The van der Waals surface area contributed by atoms with Gasteiger partial charge in [0.25, 0.3) is 0 Å². The van der Waals surface area contributed by atoms with Crippen molar-refractivity contribution in [3.63, 3.8) is 0 Å².